The minimum Gasteiger partial charge on any atom is -0.381 e. The minimum atomic E-state index is -0.471. The zero-order chi connectivity index (χ0) is 12.3. The smallest absolute Gasteiger partial charge is 0.381 e. The topological polar surface area (TPSA) is 70.2 Å². The zero-order valence-electron chi connectivity index (χ0n) is 9.34. The quantitative estimate of drug-likeness (QED) is 0.484. The van der Waals surface area contributed by atoms with Gasteiger partial charge >= 0.3 is 5.82 Å². The van der Waals surface area contributed by atoms with Gasteiger partial charge in [0.15, 0.2) is 0 Å². The lowest BCUT2D eigenvalue weighted by atomic mass is 9.82. The number of rotatable bonds is 4. The molecule has 0 spiro atoms. The Hall–Kier alpha value is -0.950. The van der Waals surface area contributed by atoms with E-state index in [1.807, 2.05) is 0 Å². The molecule has 6 nitrogen and oxygen atoms in total. The monoisotopic (exact) mass is 303 g/mol. The molecule has 0 N–H and O–H groups in total. The second-order valence-corrected chi connectivity index (χ2v) is 4.94. The van der Waals surface area contributed by atoms with Crippen LogP contribution in [0.4, 0.5) is 5.82 Å². The molecule has 1 saturated heterocycles. The van der Waals surface area contributed by atoms with Crippen molar-refractivity contribution in [3.05, 3.63) is 22.4 Å². The van der Waals surface area contributed by atoms with E-state index in [1.54, 1.807) is 10.9 Å². The van der Waals surface area contributed by atoms with Crippen LogP contribution in [0.25, 0.3) is 0 Å². The molecule has 0 bridgehead atoms. The molecule has 17 heavy (non-hydrogen) atoms. The number of hydrogen-bond donors (Lipinski definition) is 0. The summed E-state index contributed by atoms with van der Waals surface area (Å²) in [5, 5.41) is 15.4. The fourth-order valence-electron chi connectivity index (χ4n) is 2.02. The fourth-order valence-corrected chi connectivity index (χ4v) is 2.76. The Balaban J connectivity index is 2.09. The van der Waals surface area contributed by atoms with Gasteiger partial charge in [-0.1, -0.05) is 15.9 Å². The highest BCUT2D eigenvalue weighted by Gasteiger charge is 2.33. The van der Waals surface area contributed by atoms with E-state index >= 15 is 0 Å². The highest BCUT2D eigenvalue weighted by Crippen LogP contribution is 2.34. The van der Waals surface area contributed by atoms with E-state index < -0.39 is 4.92 Å². The highest BCUT2D eigenvalue weighted by molar-refractivity contribution is 9.09. The van der Waals surface area contributed by atoms with Crippen LogP contribution in [0.2, 0.25) is 0 Å². The Labute approximate surface area is 107 Å². The highest BCUT2D eigenvalue weighted by atomic mass is 79.9. The third-order valence-electron chi connectivity index (χ3n) is 3.15. The van der Waals surface area contributed by atoms with Gasteiger partial charge in [-0.3, -0.25) is 0 Å². The van der Waals surface area contributed by atoms with E-state index in [1.165, 1.54) is 6.07 Å². The maximum absolute atomic E-state index is 10.6. The molecule has 0 saturated carbocycles. The van der Waals surface area contributed by atoms with E-state index in [0.29, 0.717) is 6.54 Å². The Morgan fingerprint density at radius 3 is 2.82 bits per heavy atom. The molecule has 0 unspecified atom stereocenters. The molecule has 0 atom stereocenters. The summed E-state index contributed by atoms with van der Waals surface area (Å²) in [4.78, 5) is 10.1. The van der Waals surface area contributed by atoms with Crippen LogP contribution < -0.4 is 0 Å². The van der Waals surface area contributed by atoms with Gasteiger partial charge in [-0.2, -0.15) is 4.68 Å². The van der Waals surface area contributed by atoms with Crippen LogP contribution in [-0.4, -0.2) is 33.2 Å². The maximum atomic E-state index is 10.6. The lowest BCUT2D eigenvalue weighted by Crippen LogP contribution is -2.35. The van der Waals surface area contributed by atoms with Crippen molar-refractivity contribution in [2.75, 3.05) is 18.5 Å². The third-order valence-corrected chi connectivity index (χ3v) is 4.34. The molecule has 1 aromatic rings. The van der Waals surface area contributed by atoms with Gasteiger partial charge in [0.05, 0.1) is 23.9 Å². The van der Waals surface area contributed by atoms with Crippen LogP contribution in [0.5, 0.6) is 0 Å². The van der Waals surface area contributed by atoms with E-state index in [-0.39, 0.29) is 11.2 Å². The number of nitro groups is 1. The first kappa shape index (κ1) is 12.5. The lowest BCUT2D eigenvalue weighted by molar-refractivity contribution is -0.389. The first-order valence-electron chi connectivity index (χ1n) is 5.47. The van der Waals surface area contributed by atoms with Crippen molar-refractivity contribution in [2.45, 2.75) is 19.4 Å². The van der Waals surface area contributed by atoms with Crippen LogP contribution >= 0.6 is 15.9 Å². The van der Waals surface area contributed by atoms with E-state index in [2.05, 4.69) is 21.0 Å². The van der Waals surface area contributed by atoms with Crippen LogP contribution in [0.1, 0.15) is 12.8 Å². The third kappa shape index (κ3) is 2.84. The molecule has 0 aliphatic carbocycles. The minimum absolute atomic E-state index is 0.0954. The molecule has 2 heterocycles. The maximum Gasteiger partial charge on any atom is 0.389 e. The molecule has 1 aliphatic heterocycles. The van der Waals surface area contributed by atoms with Crippen molar-refractivity contribution in [3.8, 4) is 0 Å². The normalized spacial score (nSPS) is 19.1. The van der Waals surface area contributed by atoms with Gasteiger partial charge in [0.1, 0.15) is 0 Å². The molecule has 0 amide bonds. The van der Waals surface area contributed by atoms with E-state index in [0.717, 1.165) is 31.4 Å². The van der Waals surface area contributed by atoms with Crippen molar-refractivity contribution in [3.63, 3.8) is 0 Å². The van der Waals surface area contributed by atoms with Gasteiger partial charge in [-0.15, -0.1) is 0 Å². The Kier molecular flexibility index (Phi) is 3.78. The summed E-state index contributed by atoms with van der Waals surface area (Å²) in [6, 6.07) is 1.43. The molecule has 0 aromatic carbocycles. The van der Waals surface area contributed by atoms with Crippen LogP contribution in [0.3, 0.4) is 0 Å². The number of nitrogens with zero attached hydrogens (tertiary/aromatic N) is 3. The van der Waals surface area contributed by atoms with Crippen molar-refractivity contribution in [1.82, 2.24) is 9.78 Å². The van der Waals surface area contributed by atoms with Crippen molar-refractivity contribution < 1.29 is 9.66 Å². The SMILES string of the molecule is O=[N+]([O-])c1ccn(CC2(CBr)CCOCC2)n1. The summed E-state index contributed by atoms with van der Waals surface area (Å²) in [5.74, 6) is -0.0956. The predicted molar refractivity (Wildman–Crippen MR) is 65.2 cm³/mol. The van der Waals surface area contributed by atoms with Crippen LogP contribution in [0.15, 0.2) is 12.3 Å². The van der Waals surface area contributed by atoms with Crippen molar-refractivity contribution >= 4 is 21.7 Å². The number of ether oxygens (including phenoxy) is 1. The molecule has 1 aromatic heterocycles. The molecule has 94 valence electrons. The van der Waals surface area contributed by atoms with Crippen LogP contribution in [0, 0.1) is 15.5 Å². The van der Waals surface area contributed by atoms with Gasteiger partial charge in [0.2, 0.25) is 0 Å². The molecular weight excluding hydrogens is 290 g/mol. The first-order valence-corrected chi connectivity index (χ1v) is 6.59. The van der Waals surface area contributed by atoms with Gasteiger partial charge in [-0.05, 0) is 17.8 Å². The van der Waals surface area contributed by atoms with Gasteiger partial charge in [-0.25, -0.2) is 0 Å². The number of aromatic nitrogens is 2. The second-order valence-electron chi connectivity index (χ2n) is 4.37. The Morgan fingerprint density at radius 2 is 2.29 bits per heavy atom. The standard InChI is InChI=1S/C10H14BrN3O3/c11-7-10(2-5-17-6-3-10)8-13-4-1-9(12-13)14(15)16/h1,4H,2-3,5-8H2. The van der Waals surface area contributed by atoms with Gasteiger partial charge in [0, 0.05) is 24.0 Å². The molecule has 7 heteroatoms. The number of hydrogen-bond acceptors (Lipinski definition) is 4. The summed E-state index contributed by atoms with van der Waals surface area (Å²) in [6.45, 7) is 2.18. The predicted octanol–water partition coefficient (Wildman–Crippen LogP) is 1.98. The molecule has 0 radical (unpaired) electrons. The number of halogens is 1. The van der Waals surface area contributed by atoms with Crippen molar-refractivity contribution in [1.29, 1.82) is 0 Å². The number of alkyl halides is 1. The summed E-state index contributed by atoms with van der Waals surface area (Å²) in [7, 11) is 0. The largest absolute Gasteiger partial charge is 0.389 e. The van der Waals surface area contributed by atoms with Crippen LogP contribution in [-0.2, 0) is 11.3 Å². The average molecular weight is 304 g/mol. The lowest BCUT2D eigenvalue weighted by Gasteiger charge is -2.34. The summed E-state index contributed by atoms with van der Waals surface area (Å²) < 4.78 is 7.01. The molecule has 1 aliphatic rings. The Bertz CT molecular complexity index is 401. The summed E-state index contributed by atoms with van der Waals surface area (Å²) in [5.41, 5.74) is 0.0954. The molecule has 1 fully saturated rings. The fraction of sp³-hybridized carbons (Fsp3) is 0.700. The van der Waals surface area contributed by atoms with E-state index in [4.69, 9.17) is 4.74 Å². The summed E-state index contributed by atoms with van der Waals surface area (Å²) in [6.07, 6.45) is 3.57. The molecular formula is C10H14BrN3O3. The molecule has 2 rings (SSSR count). The van der Waals surface area contributed by atoms with Gasteiger partial charge in [0.25, 0.3) is 0 Å². The Morgan fingerprint density at radius 1 is 1.59 bits per heavy atom. The second kappa shape index (κ2) is 5.14. The average Bonchev–Trinajstić information content (AvgIpc) is 2.79. The zero-order valence-corrected chi connectivity index (χ0v) is 10.9. The van der Waals surface area contributed by atoms with E-state index in [9.17, 15) is 10.1 Å². The summed E-state index contributed by atoms with van der Waals surface area (Å²) >= 11 is 3.53. The van der Waals surface area contributed by atoms with Crippen molar-refractivity contribution in [2.24, 2.45) is 5.41 Å². The first-order chi connectivity index (χ1) is 8.15. The van der Waals surface area contributed by atoms with Gasteiger partial charge < -0.3 is 14.9 Å².